The highest BCUT2D eigenvalue weighted by molar-refractivity contribution is 7.15. The molecule has 142 valence electrons. The summed E-state index contributed by atoms with van der Waals surface area (Å²) >= 11 is 1.21. The number of aromatic hydroxyl groups is 1. The number of fused-ring (bicyclic) bond motifs is 1. The van der Waals surface area contributed by atoms with Crippen LogP contribution in [0, 0.1) is 19.7 Å². The highest BCUT2D eigenvalue weighted by atomic mass is 32.1. The molecule has 3 aromatic heterocycles. The van der Waals surface area contributed by atoms with Gasteiger partial charge < -0.3 is 9.84 Å². The van der Waals surface area contributed by atoms with Crippen LogP contribution in [-0.2, 0) is 0 Å². The molecule has 0 saturated heterocycles. The smallest absolute Gasteiger partial charge is 0.274 e. The number of phenols is 1. The zero-order valence-electron chi connectivity index (χ0n) is 15.4. The molecule has 6 nitrogen and oxygen atoms in total. The molecule has 0 saturated carbocycles. The van der Waals surface area contributed by atoms with Crippen molar-refractivity contribution in [2.75, 3.05) is 7.11 Å². The minimum atomic E-state index is -0.815. The second kappa shape index (κ2) is 6.72. The van der Waals surface area contributed by atoms with Gasteiger partial charge in [0.15, 0.2) is 22.3 Å². The van der Waals surface area contributed by atoms with E-state index in [9.17, 15) is 14.3 Å². The first kappa shape index (κ1) is 18.1. The van der Waals surface area contributed by atoms with Crippen molar-refractivity contribution in [1.29, 1.82) is 0 Å². The Morgan fingerprint density at radius 2 is 1.89 bits per heavy atom. The SMILES string of the molecule is COc1cc(/C=c2\sc3nc(-c4cc(C)nc(C)c4)cn3c2=O)cc(F)c1O. The minimum absolute atomic E-state index is 0.00532. The van der Waals surface area contributed by atoms with Crippen LogP contribution in [-0.4, -0.2) is 26.6 Å². The highest BCUT2D eigenvalue weighted by Gasteiger charge is 2.13. The average molecular weight is 397 g/mol. The van der Waals surface area contributed by atoms with E-state index in [1.165, 1.54) is 28.9 Å². The predicted octanol–water partition coefficient (Wildman–Crippen LogP) is 2.84. The third kappa shape index (κ3) is 3.11. The number of pyridine rings is 1. The van der Waals surface area contributed by atoms with Gasteiger partial charge in [0.25, 0.3) is 5.56 Å². The van der Waals surface area contributed by atoms with E-state index in [-0.39, 0.29) is 11.3 Å². The first-order valence-electron chi connectivity index (χ1n) is 8.41. The topological polar surface area (TPSA) is 76.7 Å². The van der Waals surface area contributed by atoms with E-state index < -0.39 is 11.6 Å². The van der Waals surface area contributed by atoms with Gasteiger partial charge in [0.1, 0.15) is 0 Å². The Balaban J connectivity index is 1.82. The number of aryl methyl sites for hydroxylation is 2. The molecule has 8 heteroatoms. The molecule has 1 N–H and O–H groups in total. The van der Waals surface area contributed by atoms with Gasteiger partial charge in [-0.15, -0.1) is 0 Å². The number of methoxy groups -OCH3 is 1. The minimum Gasteiger partial charge on any atom is -0.502 e. The molecule has 0 unspecified atom stereocenters. The fourth-order valence-electron chi connectivity index (χ4n) is 3.04. The Kier molecular flexibility index (Phi) is 4.35. The number of halogens is 1. The Bertz CT molecular complexity index is 1310. The van der Waals surface area contributed by atoms with Crippen LogP contribution in [0.1, 0.15) is 17.0 Å². The predicted molar refractivity (Wildman–Crippen MR) is 105 cm³/mol. The lowest BCUT2D eigenvalue weighted by atomic mass is 10.1. The van der Waals surface area contributed by atoms with Crippen molar-refractivity contribution in [3.63, 3.8) is 0 Å². The van der Waals surface area contributed by atoms with Crippen LogP contribution in [0.5, 0.6) is 11.5 Å². The molecular weight excluding hydrogens is 381 g/mol. The number of rotatable bonds is 3. The van der Waals surface area contributed by atoms with Crippen molar-refractivity contribution in [2.45, 2.75) is 13.8 Å². The van der Waals surface area contributed by atoms with Crippen LogP contribution in [0.25, 0.3) is 22.3 Å². The van der Waals surface area contributed by atoms with Gasteiger partial charge in [-0.05, 0) is 49.8 Å². The zero-order valence-corrected chi connectivity index (χ0v) is 16.2. The van der Waals surface area contributed by atoms with E-state index in [2.05, 4.69) is 9.97 Å². The summed E-state index contributed by atoms with van der Waals surface area (Å²) in [5.74, 6) is -1.37. The summed E-state index contributed by atoms with van der Waals surface area (Å²) in [7, 11) is 1.33. The first-order valence-corrected chi connectivity index (χ1v) is 9.23. The summed E-state index contributed by atoms with van der Waals surface area (Å²) < 4.78 is 20.7. The molecule has 0 bridgehead atoms. The Labute approximate surface area is 163 Å². The van der Waals surface area contributed by atoms with E-state index >= 15 is 0 Å². The highest BCUT2D eigenvalue weighted by Crippen LogP contribution is 2.30. The van der Waals surface area contributed by atoms with Crippen LogP contribution in [0.4, 0.5) is 4.39 Å². The molecule has 0 aliphatic rings. The summed E-state index contributed by atoms with van der Waals surface area (Å²) in [4.78, 5) is 22.2. The third-order valence-electron chi connectivity index (χ3n) is 4.25. The van der Waals surface area contributed by atoms with Crippen molar-refractivity contribution in [1.82, 2.24) is 14.4 Å². The maximum absolute atomic E-state index is 13.8. The van der Waals surface area contributed by atoms with E-state index in [1.807, 2.05) is 26.0 Å². The number of phenolic OH excluding ortho intramolecular Hbond substituents is 1. The zero-order chi connectivity index (χ0) is 20.0. The van der Waals surface area contributed by atoms with Crippen molar-refractivity contribution in [2.24, 2.45) is 0 Å². The number of imidazole rings is 1. The quantitative estimate of drug-likeness (QED) is 0.575. The molecule has 0 aliphatic carbocycles. The summed E-state index contributed by atoms with van der Waals surface area (Å²) in [6, 6.07) is 6.45. The van der Waals surface area contributed by atoms with Gasteiger partial charge >= 0.3 is 0 Å². The van der Waals surface area contributed by atoms with Crippen molar-refractivity contribution in [3.05, 3.63) is 68.1 Å². The van der Waals surface area contributed by atoms with Crippen LogP contribution in [0.15, 0.2) is 35.3 Å². The molecule has 0 amide bonds. The molecule has 4 aromatic rings. The van der Waals surface area contributed by atoms with Gasteiger partial charge in [-0.25, -0.2) is 9.37 Å². The fourth-order valence-corrected chi connectivity index (χ4v) is 3.99. The summed E-state index contributed by atoms with van der Waals surface area (Å²) in [6.45, 7) is 3.82. The van der Waals surface area contributed by atoms with Crippen LogP contribution in [0.3, 0.4) is 0 Å². The molecule has 1 aromatic carbocycles. The number of hydrogen-bond donors (Lipinski definition) is 1. The molecule has 28 heavy (non-hydrogen) atoms. The molecule has 0 spiro atoms. The third-order valence-corrected chi connectivity index (χ3v) is 5.23. The number of nitrogens with zero attached hydrogens (tertiary/aromatic N) is 3. The fraction of sp³-hybridized carbons (Fsp3) is 0.150. The molecule has 0 atom stereocenters. The van der Waals surface area contributed by atoms with Crippen molar-refractivity contribution >= 4 is 22.4 Å². The molecular formula is C20H16FN3O3S. The molecule has 0 radical (unpaired) electrons. The lowest BCUT2D eigenvalue weighted by Crippen LogP contribution is -2.22. The Hall–Kier alpha value is -3.26. The summed E-state index contributed by atoms with van der Waals surface area (Å²) in [5.41, 5.74) is 3.53. The maximum atomic E-state index is 13.8. The normalized spacial score (nSPS) is 12.1. The number of benzene rings is 1. The Morgan fingerprint density at radius 3 is 2.54 bits per heavy atom. The largest absolute Gasteiger partial charge is 0.502 e. The van der Waals surface area contributed by atoms with E-state index in [1.54, 1.807) is 12.3 Å². The van der Waals surface area contributed by atoms with Crippen molar-refractivity contribution in [3.8, 4) is 22.8 Å². The number of aromatic nitrogens is 3. The monoisotopic (exact) mass is 397 g/mol. The summed E-state index contributed by atoms with van der Waals surface area (Å²) in [6.07, 6.45) is 3.24. The van der Waals surface area contributed by atoms with Gasteiger partial charge in [-0.1, -0.05) is 11.3 Å². The van der Waals surface area contributed by atoms with Crippen molar-refractivity contribution < 1.29 is 14.2 Å². The molecule has 4 rings (SSSR count). The number of ether oxygens (including phenoxy) is 1. The van der Waals surface area contributed by atoms with Crippen LogP contribution in [0.2, 0.25) is 0 Å². The second-order valence-electron chi connectivity index (χ2n) is 6.39. The first-order chi connectivity index (χ1) is 13.4. The molecule has 0 fully saturated rings. The number of hydrogen-bond acceptors (Lipinski definition) is 6. The van der Waals surface area contributed by atoms with Gasteiger partial charge in [-0.3, -0.25) is 14.2 Å². The molecule has 0 aliphatic heterocycles. The van der Waals surface area contributed by atoms with Gasteiger partial charge in [0.05, 0.1) is 17.3 Å². The second-order valence-corrected chi connectivity index (χ2v) is 7.40. The van der Waals surface area contributed by atoms with Crippen LogP contribution >= 0.6 is 11.3 Å². The molecule has 3 heterocycles. The Morgan fingerprint density at radius 1 is 1.18 bits per heavy atom. The lowest BCUT2D eigenvalue weighted by molar-refractivity contribution is 0.357. The van der Waals surface area contributed by atoms with Gasteiger partial charge in [-0.2, -0.15) is 0 Å². The van der Waals surface area contributed by atoms with Gasteiger partial charge in [0.2, 0.25) is 0 Å². The lowest BCUT2D eigenvalue weighted by Gasteiger charge is -2.04. The number of thiazole rings is 1. The van der Waals surface area contributed by atoms with E-state index in [0.717, 1.165) is 23.0 Å². The summed E-state index contributed by atoms with van der Waals surface area (Å²) in [5, 5.41) is 9.61. The van der Waals surface area contributed by atoms with E-state index in [4.69, 9.17) is 4.74 Å². The van der Waals surface area contributed by atoms with Gasteiger partial charge in [0, 0.05) is 23.1 Å². The van der Waals surface area contributed by atoms with Crippen LogP contribution < -0.4 is 14.8 Å². The average Bonchev–Trinajstić information content (AvgIpc) is 3.17. The van der Waals surface area contributed by atoms with E-state index in [0.29, 0.717) is 20.8 Å². The maximum Gasteiger partial charge on any atom is 0.274 e. The standard InChI is InChI=1S/C20H16FN3O3S/c1-10-4-13(5-11(2)22-10)15-9-24-19(26)17(28-20(24)23-15)8-12-6-14(21)18(25)16(7-12)27-3/h4-9,25H,1-3H3/b17-8-.